The Balaban J connectivity index is 1.50. The Hall–Kier alpha value is -2.74. The number of nitrogens with zero attached hydrogens (tertiary/aromatic N) is 3. The Labute approximate surface area is 169 Å². The van der Waals surface area contributed by atoms with E-state index in [1.54, 1.807) is 18.5 Å². The first-order valence-electron chi connectivity index (χ1n) is 9.42. The quantitative estimate of drug-likeness (QED) is 0.695. The normalized spacial score (nSPS) is 16.6. The highest BCUT2D eigenvalue weighted by Crippen LogP contribution is 2.31. The fourth-order valence-corrected chi connectivity index (χ4v) is 3.85. The number of halogens is 1. The van der Waals surface area contributed by atoms with Gasteiger partial charge in [-0.15, -0.1) is 0 Å². The summed E-state index contributed by atoms with van der Waals surface area (Å²) in [4.78, 5) is 10.8. The van der Waals surface area contributed by atoms with Crippen LogP contribution >= 0.6 is 0 Å². The van der Waals surface area contributed by atoms with E-state index in [0.29, 0.717) is 41.9 Å². The van der Waals surface area contributed by atoms with E-state index >= 15 is 0 Å². The molecule has 152 valence electrons. The van der Waals surface area contributed by atoms with E-state index < -0.39 is 9.84 Å². The summed E-state index contributed by atoms with van der Waals surface area (Å²) in [6, 6.07) is 11.7. The summed E-state index contributed by atoms with van der Waals surface area (Å²) in [5, 5.41) is 0. The van der Waals surface area contributed by atoms with Crippen LogP contribution in [0.4, 0.5) is 10.1 Å². The van der Waals surface area contributed by atoms with Crippen LogP contribution in [0.25, 0.3) is 0 Å². The molecule has 0 unspecified atom stereocenters. The van der Waals surface area contributed by atoms with Gasteiger partial charge in [0.25, 0.3) is 0 Å². The molecule has 29 heavy (non-hydrogen) atoms. The van der Waals surface area contributed by atoms with Crippen LogP contribution in [-0.2, 0) is 15.6 Å². The van der Waals surface area contributed by atoms with Gasteiger partial charge in [-0.3, -0.25) is 0 Å². The van der Waals surface area contributed by atoms with Crippen molar-refractivity contribution in [3.05, 3.63) is 59.4 Å². The largest absolute Gasteiger partial charge is 0.492 e. The summed E-state index contributed by atoms with van der Waals surface area (Å²) in [5.41, 5.74) is 2.18. The third kappa shape index (κ3) is 5.20. The maximum Gasteiger partial charge on any atom is 0.161 e. The van der Waals surface area contributed by atoms with Crippen molar-refractivity contribution in [2.45, 2.75) is 18.6 Å². The Bertz CT molecular complexity index is 1080. The van der Waals surface area contributed by atoms with E-state index in [1.165, 1.54) is 18.4 Å². The van der Waals surface area contributed by atoms with Crippen LogP contribution in [-0.4, -0.2) is 40.1 Å². The van der Waals surface area contributed by atoms with E-state index in [9.17, 15) is 12.8 Å². The Morgan fingerprint density at radius 1 is 1.21 bits per heavy atom. The summed E-state index contributed by atoms with van der Waals surface area (Å²) in [7, 11) is -3.11. The minimum absolute atomic E-state index is 0.0163. The van der Waals surface area contributed by atoms with Crippen LogP contribution in [0, 0.1) is 11.7 Å². The van der Waals surface area contributed by atoms with Crippen LogP contribution in [0.3, 0.4) is 0 Å². The highest BCUT2D eigenvalue weighted by Gasteiger charge is 2.23. The summed E-state index contributed by atoms with van der Waals surface area (Å²) >= 11 is 0. The second kappa shape index (κ2) is 7.94. The molecule has 2 aromatic carbocycles. The molecule has 0 N–H and O–H groups in total. The second-order valence-electron chi connectivity index (χ2n) is 7.47. The van der Waals surface area contributed by atoms with Crippen LogP contribution in [0.2, 0.25) is 0 Å². The van der Waals surface area contributed by atoms with Crippen molar-refractivity contribution in [2.75, 3.05) is 24.4 Å². The van der Waals surface area contributed by atoms with Gasteiger partial charge in [0.2, 0.25) is 0 Å². The minimum atomic E-state index is -3.11. The van der Waals surface area contributed by atoms with E-state index in [2.05, 4.69) is 9.98 Å². The van der Waals surface area contributed by atoms with Crippen molar-refractivity contribution in [1.82, 2.24) is 0 Å². The zero-order valence-electron chi connectivity index (χ0n) is 16.1. The fraction of sp³-hybridized carbons (Fsp3) is 0.333. The third-order valence-electron chi connectivity index (χ3n) is 4.72. The molecule has 8 heteroatoms. The smallest absolute Gasteiger partial charge is 0.161 e. The summed E-state index contributed by atoms with van der Waals surface area (Å²) in [6.45, 7) is 0.896. The maximum atomic E-state index is 13.7. The molecular formula is C21H22FN3O3S. The van der Waals surface area contributed by atoms with Crippen molar-refractivity contribution in [3.63, 3.8) is 0 Å². The first kappa shape index (κ1) is 19.6. The summed E-state index contributed by atoms with van der Waals surface area (Å²) in [5.74, 6) is 1.12. The van der Waals surface area contributed by atoms with Gasteiger partial charge in [-0.2, -0.15) is 0 Å². The van der Waals surface area contributed by atoms with Gasteiger partial charge in [0.15, 0.2) is 15.7 Å². The molecule has 1 aliphatic heterocycles. The molecule has 0 amide bonds. The van der Waals surface area contributed by atoms with Crippen LogP contribution in [0.15, 0.2) is 52.4 Å². The van der Waals surface area contributed by atoms with Crippen molar-refractivity contribution in [1.29, 1.82) is 0 Å². The number of benzene rings is 2. The number of hydrogen-bond acceptors (Lipinski definition) is 6. The molecule has 1 aliphatic carbocycles. The molecule has 1 saturated carbocycles. The number of aliphatic imine (C=N–C) groups is 2. The van der Waals surface area contributed by atoms with Gasteiger partial charge in [-0.1, -0.05) is 12.1 Å². The number of amidine groups is 1. The van der Waals surface area contributed by atoms with Gasteiger partial charge in [-0.05, 0) is 48.6 Å². The molecular weight excluding hydrogens is 393 g/mol. The van der Waals surface area contributed by atoms with Crippen molar-refractivity contribution >= 4 is 27.7 Å². The molecule has 2 aliphatic rings. The Morgan fingerprint density at radius 3 is 2.72 bits per heavy atom. The molecule has 0 atom stereocenters. The lowest BCUT2D eigenvalue weighted by atomic mass is 10.1. The molecule has 0 bridgehead atoms. The highest BCUT2D eigenvalue weighted by molar-refractivity contribution is 7.89. The molecule has 4 rings (SSSR count). The third-order valence-corrected chi connectivity index (χ3v) is 5.58. The Kier molecular flexibility index (Phi) is 5.36. The van der Waals surface area contributed by atoms with E-state index in [0.717, 1.165) is 18.5 Å². The highest BCUT2D eigenvalue weighted by atomic mass is 32.2. The number of hydrogen-bond donors (Lipinski definition) is 0. The molecule has 1 fully saturated rings. The lowest BCUT2D eigenvalue weighted by Crippen LogP contribution is -2.27. The molecule has 2 aromatic rings. The first-order chi connectivity index (χ1) is 13.9. The SMILES string of the molecule is CS(=O)(=O)Cc1cccc(N2C=NC(c3ccc(F)cc3OCC3CC3)=NC2)c1. The number of ether oxygens (including phenoxy) is 1. The molecule has 6 nitrogen and oxygen atoms in total. The fourth-order valence-electron chi connectivity index (χ4n) is 3.07. The van der Waals surface area contributed by atoms with Crippen LogP contribution in [0.5, 0.6) is 5.75 Å². The molecule has 0 spiro atoms. The molecule has 0 radical (unpaired) electrons. The van der Waals surface area contributed by atoms with Crippen molar-refractivity contribution < 1.29 is 17.5 Å². The summed E-state index contributed by atoms with van der Waals surface area (Å²) in [6.07, 6.45) is 5.16. The standard InChI is InChI=1S/C21H22FN3O3S/c1-29(26,27)12-16-3-2-4-18(9-16)25-13-23-21(24-14-25)19-8-7-17(22)10-20(19)28-11-15-5-6-15/h2-4,7-10,13,15H,5-6,11-12,14H2,1H3. The number of anilines is 1. The number of sulfone groups is 1. The molecule has 0 aromatic heterocycles. The first-order valence-corrected chi connectivity index (χ1v) is 11.5. The van der Waals surface area contributed by atoms with Gasteiger partial charge < -0.3 is 9.64 Å². The monoisotopic (exact) mass is 415 g/mol. The van der Waals surface area contributed by atoms with Gasteiger partial charge in [0, 0.05) is 18.0 Å². The minimum Gasteiger partial charge on any atom is -0.492 e. The maximum absolute atomic E-state index is 13.7. The topological polar surface area (TPSA) is 71.3 Å². The second-order valence-corrected chi connectivity index (χ2v) is 9.61. The zero-order chi connectivity index (χ0) is 20.4. The summed E-state index contributed by atoms with van der Waals surface area (Å²) < 4.78 is 42.6. The average molecular weight is 415 g/mol. The lowest BCUT2D eigenvalue weighted by Gasteiger charge is -2.22. The van der Waals surface area contributed by atoms with Gasteiger partial charge in [0.05, 0.1) is 24.3 Å². The van der Waals surface area contributed by atoms with Crippen LogP contribution in [0.1, 0.15) is 24.0 Å². The average Bonchev–Trinajstić information content (AvgIpc) is 3.50. The zero-order valence-corrected chi connectivity index (χ0v) is 16.9. The number of rotatable bonds is 7. The van der Waals surface area contributed by atoms with Gasteiger partial charge in [-0.25, -0.2) is 22.8 Å². The van der Waals surface area contributed by atoms with Crippen LogP contribution < -0.4 is 9.64 Å². The van der Waals surface area contributed by atoms with Gasteiger partial charge in [0.1, 0.15) is 18.2 Å². The molecule has 0 saturated heterocycles. The predicted octanol–water partition coefficient (Wildman–Crippen LogP) is 3.41. The van der Waals surface area contributed by atoms with Crippen molar-refractivity contribution in [3.8, 4) is 5.75 Å². The predicted molar refractivity (Wildman–Crippen MR) is 112 cm³/mol. The lowest BCUT2D eigenvalue weighted by molar-refractivity contribution is 0.298. The van der Waals surface area contributed by atoms with E-state index in [-0.39, 0.29) is 11.6 Å². The van der Waals surface area contributed by atoms with Crippen molar-refractivity contribution in [2.24, 2.45) is 15.9 Å². The van der Waals surface area contributed by atoms with E-state index in [1.807, 2.05) is 23.1 Å². The Morgan fingerprint density at radius 2 is 2.03 bits per heavy atom. The van der Waals surface area contributed by atoms with Gasteiger partial charge >= 0.3 is 0 Å². The molecule has 1 heterocycles. The van der Waals surface area contributed by atoms with E-state index in [4.69, 9.17) is 4.74 Å².